The van der Waals surface area contributed by atoms with Gasteiger partial charge in [-0.2, -0.15) is 0 Å². The van der Waals surface area contributed by atoms with Crippen LogP contribution in [-0.4, -0.2) is 6.04 Å². The van der Waals surface area contributed by atoms with E-state index in [1.54, 1.807) is 25.7 Å². The highest BCUT2D eigenvalue weighted by atomic mass is 14.6. The van der Waals surface area contributed by atoms with Crippen molar-refractivity contribution in [2.75, 3.05) is 0 Å². The first-order valence-corrected chi connectivity index (χ1v) is 6.55. The van der Waals surface area contributed by atoms with Crippen LogP contribution >= 0.6 is 0 Å². The number of terminal acetylenes is 1. The van der Waals surface area contributed by atoms with E-state index in [0.717, 1.165) is 6.42 Å². The quantitative estimate of drug-likeness (QED) is 0.772. The molecule has 1 heteroatoms. The minimum atomic E-state index is -0.155. The van der Waals surface area contributed by atoms with Crippen LogP contribution in [0.25, 0.3) is 0 Å². The van der Waals surface area contributed by atoms with Crippen LogP contribution in [0.1, 0.15) is 31.2 Å². The molecule has 1 atom stereocenters. The van der Waals surface area contributed by atoms with E-state index in [2.05, 4.69) is 5.92 Å². The molecule has 0 radical (unpaired) electrons. The van der Waals surface area contributed by atoms with E-state index in [9.17, 15) is 0 Å². The lowest BCUT2D eigenvalue weighted by molar-refractivity contribution is 0.0548. The highest BCUT2D eigenvalue weighted by Gasteiger charge is 2.37. The fourth-order valence-electron chi connectivity index (χ4n) is 2.49. The average molecular weight is 227 g/mol. The maximum Gasteiger partial charge on any atom is 0.0702 e. The molecule has 1 nitrogen and oxygen atoms in total. The van der Waals surface area contributed by atoms with Crippen molar-refractivity contribution in [3.8, 4) is 12.3 Å². The van der Waals surface area contributed by atoms with Gasteiger partial charge in [0.2, 0.25) is 0 Å². The van der Waals surface area contributed by atoms with Crippen LogP contribution in [0.3, 0.4) is 0 Å². The molecule has 1 aromatic rings. The molecular formula is C16H21N. The lowest BCUT2D eigenvalue weighted by atomic mass is 9.60. The number of rotatable bonds is 2. The molecular weight excluding hydrogens is 206 g/mol. The van der Waals surface area contributed by atoms with Crippen molar-refractivity contribution in [1.29, 1.82) is 0 Å². The third kappa shape index (κ3) is 3.35. The Hall–Kier alpha value is -1.26. The van der Waals surface area contributed by atoms with Crippen molar-refractivity contribution in [1.82, 2.24) is 0 Å². The Kier molecular flexibility index (Phi) is 4.23. The van der Waals surface area contributed by atoms with Crippen molar-refractivity contribution in [3.05, 3.63) is 35.9 Å². The SMILES string of the molecule is C#CC(N)Cc1ccccc1.C1CC2CCC12. The monoisotopic (exact) mass is 227 g/mol. The maximum absolute atomic E-state index is 5.57. The topological polar surface area (TPSA) is 26.0 Å². The Balaban J connectivity index is 0.000000148. The molecule has 1 unspecified atom stereocenters. The second-order valence-electron chi connectivity index (χ2n) is 5.14. The van der Waals surface area contributed by atoms with E-state index >= 15 is 0 Å². The van der Waals surface area contributed by atoms with Gasteiger partial charge in [-0.15, -0.1) is 6.42 Å². The predicted octanol–water partition coefficient (Wildman–Crippen LogP) is 3.00. The zero-order chi connectivity index (χ0) is 12.1. The normalized spacial score (nSPS) is 26.1. The lowest BCUT2D eigenvalue weighted by Crippen LogP contribution is -2.34. The van der Waals surface area contributed by atoms with Crippen molar-refractivity contribution >= 4 is 0 Å². The molecule has 0 amide bonds. The molecule has 17 heavy (non-hydrogen) atoms. The first-order valence-electron chi connectivity index (χ1n) is 6.55. The zero-order valence-electron chi connectivity index (χ0n) is 10.3. The molecule has 0 heterocycles. The number of hydrogen-bond acceptors (Lipinski definition) is 1. The molecule has 0 spiro atoms. The molecule has 2 saturated carbocycles. The largest absolute Gasteiger partial charge is 0.317 e. The molecule has 2 fully saturated rings. The molecule has 2 aliphatic rings. The third-order valence-electron chi connectivity index (χ3n) is 4.00. The average Bonchev–Trinajstić information content (AvgIpc) is 2.35. The standard InChI is InChI=1S/C10H11N.C6H10/c1-2-10(11)8-9-6-4-3-5-7-9;1-2-6-4-3-5(1)6/h1,3-7,10H,8,11H2;5-6H,1-4H2. The summed E-state index contributed by atoms with van der Waals surface area (Å²) in [5.74, 6) is 4.92. The molecule has 0 aromatic heterocycles. The van der Waals surface area contributed by atoms with E-state index < -0.39 is 0 Å². The van der Waals surface area contributed by atoms with Crippen molar-refractivity contribution in [2.24, 2.45) is 17.6 Å². The minimum absolute atomic E-state index is 0.155. The van der Waals surface area contributed by atoms with Crippen molar-refractivity contribution < 1.29 is 0 Å². The summed E-state index contributed by atoms with van der Waals surface area (Å²) in [5, 5.41) is 0. The second kappa shape index (κ2) is 5.89. The van der Waals surface area contributed by atoms with Gasteiger partial charge in [-0.3, -0.25) is 0 Å². The van der Waals surface area contributed by atoms with E-state index in [1.807, 2.05) is 30.3 Å². The molecule has 90 valence electrons. The number of nitrogens with two attached hydrogens (primary N) is 1. The summed E-state index contributed by atoms with van der Waals surface area (Å²) in [6.07, 6.45) is 12.1. The van der Waals surface area contributed by atoms with Gasteiger partial charge in [-0.1, -0.05) is 36.3 Å². The smallest absolute Gasteiger partial charge is 0.0702 e. The third-order valence-corrected chi connectivity index (χ3v) is 4.00. The lowest BCUT2D eigenvalue weighted by Gasteiger charge is -2.46. The Morgan fingerprint density at radius 1 is 1.12 bits per heavy atom. The van der Waals surface area contributed by atoms with Gasteiger partial charge in [-0.05, 0) is 49.5 Å². The second-order valence-corrected chi connectivity index (χ2v) is 5.14. The van der Waals surface area contributed by atoms with Gasteiger partial charge >= 0.3 is 0 Å². The highest BCUT2D eigenvalue weighted by molar-refractivity contribution is 5.18. The van der Waals surface area contributed by atoms with Crippen LogP contribution in [0.5, 0.6) is 0 Å². The van der Waals surface area contributed by atoms with Gasteiger partial charge in [0.05, 0.1) is 6.04 Å². The van der Waals surface area contributed by atoms with Gasteiger partial charge < -0.3 is 5.73 Å². The Morgan fingerprint density at radius 2 is 1.65 bits per heavy atom. The predicted molar refractivity (Wildman–Crippen MR) is 72.4 cm³/mol. The van der Waals surface area contributed by atoms with E-state index in [0.29, 0.717) is 0 Å². The molecule has 0 aliphatic heterocycles. The Labute approximate surface area is 104 Å². The molecule has 2 N–H and O–H groups in total. The number of benzene rings is 1. The summed E-state index contributed by atoms with van der Waals surface area (Å²) in [6, 6.07) is 9.84. The van der Waals surface area contributed by atoms with Crippen LogP contribution in [0.15, 0.2) is 30.3 Å². The summed E-state index contributed by atoms with van der Waals surface area (Å²) in [6.45, 7) is 0. The van der Waals surface area contributed by atoms with E-state index in [4.69, 9.17) is 12.2 Å². The molecule has 2 aliphatic carbocycles. The Morgan fingerprint density at radius 3 is 2.00 bits per heavy atom. The van der Waals surface area contributed by atoms with E-state index in [1.165, 1.54) is 17.4 Å². The van der Waals surface area contributed by atoms with Crippen LogP contribution in [0.2, 0.25) is 0 Å². The zero-order valence-corrected chi connectivity index (χ0v) is 10.3. The van der Waals surface area contributed by atoms with Gasteiger partial charge in [-0.25, -0.2) is 0 Å². The first-order chi connectivity index (χ1) is 8.29. The summed E-state index contributed by atoms with van der Waals surface area (Å²) < 4.78 is 0. The highest BCUT2D eigenvalue weighted by Crippen LogP contribution is 2.49. The first kappa shape index (κ1) is 12.2. The summed E-state index contributed by atoms with van der Waals surface area (Å²) in [7, 11) is 0. The Bertz CT molecular complexity index is 358. The van der Waals surface area contributed by atoms with Gasteiger partial charge in [0.25, 0.3) is 0 Å². The van der Waals surface area contributed by atoms with Crippen LogP contribution in [0.4, 0.5) is 0 Å². The summed E-state index contributed by atoms with van der Waals surface area (Å²) in [5.41, 5.74) is 6.76. The van der Waals surface area contributed by atoms with Crippen LogP contribution < -0.4 is 5.73 Å². The fourth-order valence-corrected chi connectivity index (χ4v) is 2.49. The fraction of sp³-hybridized carbons (Fsp3) is 0.500. The van der Waals surface area contributed by atoms with Gasteiger partial charge in [0, 0.05) is 0 Å². The van der Waals surface area contributed by atoms with Crippen molar-refractivity contribution in [2.45, 2.75) is 38.1 Å². The van der Waals surface area contributed by atoms with Crippen LogP contribution in [0, 0.1) is 24.2 Å². The molecule has 0 saturated heterocycles. The minimum Gasteiger partial charge on any atom is -0.317 e. The molecule has 0 bridgehead atoms. The van der Waals surface area contributed by atoms with Gasteiger partial charge in [0.1, 0.15) is 0 Å². The number of fused-ring (bicyclic) bond motifs is 1. The molecule has 1 aromatic carbocycles. The summed E-state index contributed by atoms with van der Waals surface area (Å²) >= 11 is 0. The van der Waals surface area contributed by atoms with Crippen LogP contribution in [-0.2, 0) is 6.42 Å². The van der Waals surface area contributed by atoms with Crippen molar-refractivity contribution in [3.63, 3.8) is 0 Å². The summed E-state index contributed by atoms with van der Waals surface area (Å²) in [4.78, 5) is 0. The maximum atomic E-state index is 5.57. The number of hydrogen-bond donors (Lipinski definition) is 1. The van der Waals surface area contributed by atoms with E-state index in [-0.39, 0.29) is 6.04 Å². The van der Waals surface area contributed by atoms with Gasteiger partial charge in [0.15, 0.2) is 0 Å². The molecule has 3 rings (SSSR count).